The first-order valence-electron chi connectivity index (χ1n) is 8.34. The van der Waals surface area contributed by atoms with Gasteiger partial charge in [-0.1, -0.05) is 41.9 Å². The number of rotatable bonds is 5. The van der Waals surface area contributed by atoms with E-state index in [0.29, 0.717) is 22.3 Å². The number of halogens is 1. The molecule has 2 amide bonds. The van der Waals surface area contributed by atoms with Crippen LogP contribution in [0.2, 0.25) is 5.02 Å². The zero-order valence-electron chi connectivity index (χ0n) is 14.9. The molecule has 3 rings (SSSR count). The molecule has 0 bridgehead atoms. The van der Waals surface area contributed by atoms with Gasteiger partial charge in [-0.3, -0.25) is 19.5 Å². The molecule has 1 aliphatic heterocycles. The summed E-state index contributed by atoms with van der Waals surface area (Å²) >= 11 is 6.59. The molecule has 1 saturated heterocycles. The van der Waals surface area contributed by atoms with Crippen LogP contribution in [0.15, 0.2) is 42.5 Å². The summed E-state index contributed by atoms with van der Waals surface area (Å²) in [5.41, 5.74) is 2.23. The highest BCUT2D eigenvalue weighted by atomic mass is 35.5. The monoisotopic (exact) mass is 407 g/mol. The molecular weight excluding hydrogens is 389 g/mol. The molecule has 1 N–H and O–H groups in total. The maximum absolute atomic E-state index is 12.4. The first-order valence-corrected chi connectivity index (χ1v) is 10.3. The maximum atomic E-state index is 12.4. The molecule has 8 heteroatoms. The Morgan fingerprint density at radius 1 is 1.07 bits per heavy atom. The van der Waals surface area contributed by atoms with E-state index in [1.165, 1.54) is 14.2 Å². The van der Waals surface area contributed by atoms with Crippen molar-refractivity contribution in [3.8, 4) is 11.1 Å². The van der Waals surface area contributed by atoms with Gasteiger partial charge in [-0.25, -0.2) is 0 Å². The first kappa shape index (κ1) is 19.8. The van der Waals surface area contributed by atoms with Gasteiger partial charge in [0.1, 0.15) is 0 Å². The number of hydrogen-bond acceptors (Lipinski definition) is 5. The molecule has 27 heavy (non-hydrogen) atoms. The predicted octanol–water partition coefficient (Wildman–Crippen LogP) is 3.64. The molecule has 0 saturated carbocycles. The minimum absolute atomic E-state index is 0.264. The highest BCUT2D eigenvalue weighted by Crippen LogP contribution is 2.45. The number of carbonyl (C=O) groups is 2. The molecule has 0 aliphatic carbocycles. The third kappa shape index (κ3) is 3.85. The predicted molar refractivity (Wildman–Crippen MR) is 103 cm³/mol. The number of hydrogen-bond donors (Lipinski definition) is 1. The van der Waals surface area contributed by atoms with Gasteiger partial charge in [-0.05, 0) is 29.7 Å². The minimum Gasteiger partial charge on any atom is -0.309 e. The Kier molecular flexibility index (Phi) is 5.82. The second-order valence-corrected chi connectivity index (χ2v) is 8.74. The smallest absolute Gasteiger partial charge is 0.309 e. The molecule has 2 aromatic rings. The second-order valence-electron chi connectivity index (χ2n) is 6.12. The minimum atomic E-state index is -3.32. The van der Waals surface area contributed by atoms with Crippen LogP contribution in [0.1, 0.15) is 24.3 Å². The van der Waals surface area contributed by atoms with Crippen molar-refractivity contribution < 1.29 is 23.2 Å². The summed E-state index contributed by atoms with van der Waals surface area (Å²) in [4.78, 5) is 23.6. The second kappa shape index (κ2) is 7.95. The van der Waals surface area contributed by atoms with E-state index in [4.69, 9.17) is 20.6 Å². The van der Waals surface area contributed by atoms with Crippen molar-refractivity contribution >= 4 is 36.3 Å². The number of benzene rings is 2. The molecule has 0 radical (unpaired) electrons. The van der Waals surface area contributed by atoms with Crippen LogP contribution in [0, 0.1) is 0 Å². The van der Waals surface area contributed by atoms with E-state index in [1.54, 1.807) is 30.3 Å². The zero-order chi connectivity index (χ0) is 19.6. The van der Waals surface area contributed by atoms with Crippen LogP contribution in [0.4, 0.5) is 0 Å². The van der Waals surface area contributed by atoms with Crippen LogP contribution in [0.5, 0.6) is 0 Å². The van der Waals surface area contributed by atoms with E-state index >= 15 is 0 Å². The van der Waals surface area contributed by atoms with Crippen molar-refractivity contribution in [3.63, 3.8) is 0 Å². The van der Waals surface area contributed by atoms with E-state index in [-0.39, 0.29) is 18.2 Å². The highest BCUT2D eigenvalue weighted by molar-refractivity contribution is 7.62. The fourth-order valence-corrected chi connectivity index (χ4v) is 4.59. The van der Waals surface area contributed by atoms with Gasteiger partial charge < -0.3 is 9.05 Å². The molecule has 2 aromatic carbocycles. The van der Waals surface area contributed by atoms with Crippen molar-refractivity contribution in [2.75, 3.05) is 14.2 Å². The summed E-state index contributed by atoms with van der Waals surface area (Å²) in [6, 6.07) is 12.3. The van der Waals surface area contributed by atoms with Crippen LogP contribution < -0.4 is 10.6 Å². The molecule has 142 valence electrons. The lowest BCUT2D eigenvalue weighted by atomic mass is 9.88. The van der Waals surface area contributed by atoms with E-state index in [1.807, 2.05) is 12.1 Å². The molecule has 1 atom stereocenters. The van der Waals surface area contributed by atoms with E-state index in [9.17, 15) is 14.2 Å². The summed E-state index contributed by atoms with van der Waals surface area (Å²) in [6.07, 6.45) is 0.715. The lowest BCUT2D eigenvalue weighted by Gasteiger charge is -2.23. The number of piperidine rings is 1. The van der Waals surface area contributed by atoms with E-state index in [0.717, 1.165) is 11.1 Å². The lowest BCUT2D eigenvalue weighted by molar-refractivity contribution is -0.134. The first-order chi connectivity index (χ1) is 12.9. The van der Waals surface area contributed by atoms with Gasteiger partial charge in [0, 0.05) is 26.2 Å². The third-order valence-electron chi connectivity index (χ3n) is 4.62. The third-order valence-corrected chi connectivity index (χ3v) is 6.93. The number of carbonyl (C=O) groups excluding carboxylic acids is 2. The molecule has 0 spiro atoms. The normalized spacial score (nSPS) is 17.7. The Morgan fingerprint density at radius 3 is 2.33 bits per heavy atom. The van der Waals surface area contributed by atoms with Crippen LogP contribution in [0.25, 0.3) is 11.1 Å². The number of imide groups is 1. The Balaban J connectivity index is 1.95. The lowest BCUT2D eigenvalue weighted by Crippen LogP contribution is -2.39. The maximum Gasteiger partial charge on any atom is 0.360 e. The van der Waals surface area contributed by atoms with E-state index in [2.05, 4.69) is 5.32 Å². The molecule has 0 unspecified atom stereocenters. The Hall–Kier alpha value is -1.98. The summed E-state index contributed by atoms with van der Waals surface area (Å²) in [6.45, 7) is 0. The topological polar surface area (TPSA) is 81.7 Å². The van der Waals surface area contributed by atoms with Crippen LogP contribution in [-0.2, 0) is 23.2 Å². The van der Waals surface area contributed by atoms with Gasteiger partial charge in [0.05, 0.1) is 16.2 Å². The highest BCUT2D eigenvalue weighted by Gasteiger charge is 2.30. The van der Waals surface area contributed by atoms with Gasteiger partial charge >= 0.3 is 7.60 Å². The van der Waals surface area contributed by atoms with Crippen LogP contribution >= 0.6 is 19.2 Å². The molecular formula is C19H19ClNO5P. The fourth-order valence-electron chi connectivity index (χ4n) is 3.14. The van der Waals surface area contributed by atoms with Gasteiger partial charge in [0.15, 0.2) is 0 Å². The summed E-state index contributed by atoms with van der Waals surface area (Å²) in [5, 5.41) is 3.25. The van der Waals surface area contributed by atoms with Gasteiger partial charge in [-0.2, -0.15) is 0 Å². The van der Waals surface area contributed by atoms with Crippen molar-refractivity contribution in [2.45, 2.75) is 18.8 Å². The molecule has 1 aliphatic rings. The van der Waals surface area contributed by atoms with Gasteiger partial charge in [-0.15, -0.1) is 0 Å². The Labute approximate surface area is 162 Å². The Morgan fingerprint density at radius 2 is 1.74 bits per heavy atom. The molecule has 0 aromatic heterocycles. The standard InChI is InChI=1S/C19H19ClNO5P/c1-25-27(24,26-2)13-8-6-12(7-9-13)14-4-3-5-15(18(14)20)16-10-11-17(22)21-19(16)23/h3-9,16H,10-11H2,1-2H3,(H,21,22,23)/t16-/m1/s1. The van der Waals surface area contributed by atoms with Crippen LogP contribution in [-0.4, -0.2) is 26.0 Å². The SMILES string of the molecule is COP(=O)(OC)c1ccc(-c2cccc([C@H]3CCC(=O)NC3=O)c2Cl)cc1. The zero-order valence-corrected chi connectivity index (χ0v) is 16.5. The average molecular weight is 408 g/mol. The average Bonchev–Trinajstić information content (AvgIpc) is 2.68. The summed E-state index contributed by atoms with van der Waals surface area (Å²) in [7, 11) is -0.657. The molecule has 1 heterocycles. The van der Waals surface area contributed by atoms with Crippen LogP contribution in [0.3, 0.4) is 0 Å². The largest absolute Gasteiger partial charge is 0.360 e. The number of nitrogens with one attached hydrogen (secondary N) is 1. The summed E-state index contributed by atoms with van der Waals surface area (Å²) < 4.78 is 22.4. The quantitative estimate of drug-likeness (QED) is 0.604. The Bertz CT molecular complexity index is 920. The van der Waals surface area contributed by atoms with Crippen molar-refractivity contribution in [2.24, 2.45) is 0 Å². The van der Waals surface area contributed by atoms with Gasteiger partial charge in [0.25, 0.3) is 0 Å². The van der Waals surface area contributed by atoms with Crippen molar-refractivity contribution in [3.05, 3.63) is 53.1 Å². The van der Waals surface area contributed by atoms with Gasteiger partial charge in [0.2, 0.25) is 11.8 Å². The van der Waals surface area contributed by atoms with Crippen molar-refractivity contribution in [1.29, 1.82) is 0 Å². The molecule has 1 fully saturated rings. The molecule has 6 nitrogen and oxygen atoms in total. The van der Waals surface area contributed by atoms with E-state index < -0.39 is 13.5 Å². The number of amides is 2. The van der Waals surface area contributed by atoms with Crippen molar-refractivity contribution in [1.82, 2.24) is 5.32 Å². The fraction of sp³-hybridized carbons (Fsp3) is 0.263. The summed E-state index contributed by atoms with van der Waals surface area (Å²) in [5.74, 6) is -1.06.